The Labute approximate surface area is 149 Å². The second kappa shape index (κ2) is 9.29. The quantitative estimate of drug-likeness (QED) is 0.422. The van der Waals surface area contributed by atoms with Gasteiger partial charge < -0.3 is 15.5 Å². The van der Waals surface area contributed by atoms with E-state index in [1.807, 2.05) is 6.07 Å². The highest BCUT2D eigenvalue weighted by Gasteiger charge is 2.32. The highest BCUT2D eigenvalue weighted by molar-refractivity contribution is 14.0. The molecule has 1 aliphatic carbocycles. The average molecular weight is 420 g/mol. The normalized spacial score (nSPS) is 16.1. The molecule has 1 unspecified atom stereocenters. The Bertz CT molecular complexity index is 487. The molecule has 2 rings (SSSR count). The van der Waals surface area contributed by atoms with Crippen LogP contribution in [0.25, 0.3) is 0 Å². The van der Waals surface area contributed by atoms with E-state index in [4.69, 9.17) is 0 Å². The fourth-order valence-electron chi connectivity index (χ4n) is 2.49. The minimum absolute atomic E-state index is 0. The summed E-state index contributed by atoms with van der Waals surface area (Å²) >= 11 is 0. The van der Waals surface area contributed by atoms with Crippen LogP contribution >= 0.6 is 24.0 Å². The summed E-state index contributed by atoms with van der Waals surface area (Å²) in [5.41, 5.74) is 0.645. The highest BCUT2D eigenvalue weighted by atomic mass is 127. The summed E-state index contributed by atoms with van der Waals surface area (Å²) in [6.45, 7) is 1.29. The number of hydrogen-bond acceptors (Lipinski definition) is 2. The topological polar surface area (TPSA) is 39.7 Å². The molecule has 1 aromatic carbocycles. The number of halogens is 2. The number of likely N-dealkylation sites (N-methyl/N-ethyl adjacent to an activating group) is 1. The molecular formula is C16H26FIN4. The molecule has 0 radical (unpaired) electrons. The van der Waals surface area contributed by atoms with Crippen molar-refractivity contribution in [1.29, 1.82) is 0 Å². The van der Waals surface area contributed by atoms with Gasteiger partial charge in [0, 0.05) is 31.7 Å². The average Bonchev–Trinajstić information content (AvgIpc) is 3.28. The molecule has 0 saturated heterocycles. The first-order valence-corrected chi connectivity index (χ1v) is 7.46. The van der Waals surface area contributed by atoms with Crippen molar-refractivity contribution in [2.24, 2.45) is 10.9 Å². The molecule has 22 heavy (non-hydrogen) atoms. The Morgan fingerprint density at radius 2 is 2.00 bits per heavy atom. The van der Waals surface area contributed by atoms with Gasteiger partial charge in [0.2, 0.25) is 0 Å². The summed E-state index contributed by atoms with van der Waals surface area (Å²) in [5.74, 6) is 1.31. The lowest BCUT2D eigenvalue weighted by atomic mass is 10.1. The SMILES string of the molecule is CN=C(NCc1ccccc1F)NCC(C1CC1)N(C)C.I. The molecule has 0 heterocycles. The first kappa shape index (κ1) is 19.2. The lowest BCUT2D eigenvalue weighted by Crippen LogP contribution is -2.45. The van der Waals surface area contributed by atoms with Gasteiger partial charge in [0.05, 0.1) is 0 Å². The summed E-state index contributed by atoms with van der Waals surface area (Å²) < 4.78 is 13.6. The first-order valence-electron chi connectivity index (χ1n) is 7.46. The number of nitrogens with one attached hydrogen (secondary N) is 2. The summed E-state index contributed by atoms with van der Waals surface area (Å²) in [6, 6.07) is 7.32. The van der Waals surface area contributed by atoms with Gasteiger partial charge in [-0.15, -0.1) is 24.0 Å². The van der Waals surface area contributed by atoms with E-state index < -0.39 is 0 Å². The van der Waals surface area contributed by atoms with Crippen LogP contribution in [0.3, 0.4) is 0 Å². The molecule has 124 valence electrons. The molecule has 1 aliphatic rings. The van der Waals surface area contributed by atoms with Crippen molar-refractivity contribution < 1.29 is 4.39 Å². The van der Waals surface area contributed by atoms with Crippen LogP contribution in [-0.2, 0) is 6.54 Å². The van der Waals surface area contributed by atoms with Crippen molar-refractivity contribution in [2.45, 2.75) is 25.4 Å². The maximum absolute atomic E-state index is 13.6. The Hall–Kier alpha value is -0.890. The van der Waals surface area contributed by atoms with Crippen LogP contribution < -0.4 is 10.6 Å². The van der Waals surface area contributed by atoms with Crippen molar-refractivity contribution in [1.82, 2.24) is 15.5 Å². The summed E-state index contributed by atoms with van der Waals surface area (Å²) in [6.07, 6.45) is 2.62. The van der Waals surface area contributed by atoms with E-state index in [0.717, 1.165) is 12.5 Å². The van der Waals surface area contributed by atoms with Crippen molar-refractivity contribution in [3.63, 3.8) is 0 Å². The second-order valence-corrected chi connectivity index (χ2v) is 5.77. The fraction of sp³-hybridized carbons (Fsp3) is 0.562. The zero-order valence-corrected chi connectivity index (χ0v) is 15.8. The van der Waals surface area contributed by atoms with Crippen LogP contribution in [0.15, 0.2) is 29.3 Å². The molecule has 0 spiro atoms. The van der Waals surface area contributed by atoms with Gasteiger partial charge >= 0.3 is 0 Å². The van der Waals surface area contributed by atoms with Gasteiger partial charge in [-0.1, -0.05) is 18.2 Å². The molecule has 1 atom stereocenters. The molecule has 1 aromatic rings. The molecule has 6 heteroatoms. The van der Waals surface area contributed by atoms with Gasteiger partial charge in [-0.3, -0.25) is 4.99 Å². The first-order chi connectivity index (χ1) is 10.1. The van der Waals surface area contributed by atoms with Crippen molar-refractivity contribution in [3.05, 3.63) is 35.6 Å². The van der Waals surface area contributed by atoms with Crippen molar-refractivity contribution in [2.75, 3.05) is 27.7 Å². The molecule has 4 nitrogen and oxygen atoms in total. The number of nitrogens with zero attached hydrogens (tertiary/aromatic N) is 2. The van der Waals surface area contributed by atoms with E-state index in [-0.39, 0.29) is 29.8 Å². The van der Waals surface area contributed by atoms with Crippen LogP contribution in [0.4, 0.5) is 4.39 Å². The van der Waals surface area contributed by atoms with E-state index in [1.54, 1.807) is 19.2 Å². The number of hydrogen-bond donors (Lipinski definition) is 2. The third-order valence-corrected chi connectivity index (χ3v) is 3.94. The van der Waals surface area contributed by atoms with Crippen LogP contribution in [0.5, 0.6) is 0 Å². The monoisotopic (exact) mass is 420 g/mol. The van der Waals surface area contributed by atoms with Crippen LogP contribution in [-0.4, -0.2) is 44.6 Å². The van der Waals surface area contributed by atoms with Gasteiger partial charge in [0.15, 0.2) is 5.96 Å². The molecule has 0 bridgehead atoms. The number of guanidine groups is 1. The molecule has 1 fully saturated rings. The molecular weight excluding hydrogens is 394 g/mol. The van der Waals surface area contributed by atoms with Crippen LogP contribution in [0.1, 0.15) is 18.4 Å². The van der Waals surface area contributed by atoms with Gasteiger partial charge in [-0.25, -0.2) is 4.39 Å². The number of rotatable bonds is 6. The Morgan fingerprint density at radius 1 is 1.32 bits per heavy atom. The molecule has 0 amide bonds. The van der Waals surface area contributed by atoms with E-state index in [2.05, 4.69) is 34.6 Å². The van der Waals surface area contributed by atoms with Gasteiger partial charge in [0.1, 0.15) is 5.82 Å². The predicted molar refractivity (Wildman–Crippen MR) is 100 cm³/mol. The lowest BCUT2D eigenvalue weighted by molar-refractivity contribution is 0.264. The van der Waals surface area contributed by atoms with Gasteiger partial charge in [-0.05, 0) is 38.9 Å². The maximum Gasteiger partial charge on any atom is 0.191 e. The van der Waals surface area contributed by atoms with Crippen LogP contribution in [0, 0.1) is 11.7 Å². The predicted octanol–water partition coefficient (Wildman–Crippen LogP) is 2.45. The third-order valence-electron chi connectivity index (χ3n) is 3.94. The Morgan fingerprint density at radius 3 is 2.55 bits per heavy atom. The summed E-state index contributed by atoms with van der Waals surface area (Å²) in [7, 11) is 5.96. The minimum atomic E-state index is -0.190. The summed E-state index contributed by atoms with van der Waals surface area (Å²) in [5, 5.41) is 6.50. The largest absolute Gasteiger partial charge is 0.355 e. The van der Waals surface area contributed by atoms with E-state index >= 15 is 0 Å². The van der Waals surface area contributed by atoms with Crippen molar-refractivity contribution >= 4 is 29.9 Å². The third kappa shape index (κ3) is 5.72. The number of aliphatic imine (C=N–C) groups is 1. The Balaban J connectivity index is 0.00000242. The smallest absolute Gasteiger partial charge is 0.191 e. The second-order valence-electron chi connectivity index (χ2n) is 5.77. The van der Waals surface area contributed by atoms with Crippen molar-refractivity contribution in [3.8, 4) is 0 Å². The zero-order valence-electron chi connectivity index (χ0n) is 13.5. The molecule has 0 aromatic heterocycles. The molecule has 2 N–H and O–H groups in total. The standard InChI is InChI=1S/C16H25FN4.HI/c1-18-16(19-10-13-6-4-5-7-14(13)17)20-11-15(21(2)3)12-8-9-12;/h4-7,12,15H,8-11H2,1-3H3,(H2,18,19,20);1H. The van der Waals surface area contributed by atoms with Crippen LogP contribution in [0.2, 0.25) is 0 Å². The lowest BCUT2D eigenvalue weighted by Gasteiger charge is -2.25. The summed E-state index contributed by atoms with van der Waals surface area (Å²) in [4.78, 5) is 6.46. The molecule has 0 aliphatic heterocycles. The zero-order chi connectivity index (χ0) is 15.2. The number of benzene rings is 1. The maximum atomic E-state index is 13.6. The van der Waals surface area contributed by atoms with E-state index in [0.29, 0.717) is 24.1 Å². The van der Waals surface area contributed by atoms with E-state index in [9.17, 15) is 4.39 Å². The Kier molecular flexibility index (Phi) is 8.09. The van der Waals surface area contributed by atoms with E-state index in [1.165, 1.54) is 18.9 Å². The molecule has 1 saturated carbocycles. The van der Waals surface area contributed by atoms with Gasteiger partial charge in [0.25, 0.3) is 0 Å². The highest BCUT2D eigenvalue weighted by Crippen LogP contribution is 2.34. The fourth-order valence-corrected chi connectivity index (χ4v) is 2.49. The minimum Gasteiger partial charge on any atom is -0.355 e. The van der Waals surface area contributed by atoms with Gasteiger partial charge in [-0.2, -0.15) is 0 Å².